The number of nitrogens with zero attached hydrogens (tertiary/aromatic N) is 4. The second-order valence-corrected chi connectivity index (χ2v) is 6.93. The Morgan fingerprint density at radius 3 is 2.74 bits per heavy atom. The molecule has 1 fully saturated rings. The lowest BCUT2D eigenvalue weighted by atomic mass is 10.0. The number of aliphatic hydroxyl groups is 1. The van der Waals surface area contributed by atoms with Gasteiger partial charge in [0.15, 0.2) is 5.11 Å². The van der Waals surface area contributed by atoms with Crippen LogP contribution in [0.5, 0.6) is 0 Å². The van der Waals surface area contributed by atoms with Gasteiger partial charge in [-0.2, -0.15) is 0 Å². The molecule has 1 aliphatic rings. The van der Waals surface area contributed by atoms with Gasteiger partial charge in [0.2, 0.25) is 0 Å². The first kappa shape index (κ1) is 17.6. The van der Waals surface area contributed by atoms with Crippen LogP contribution < -0.4 is 5.32 Å². The highest BCUT2D eigenvalue weighted by atomic mass is 32.1. The van der Waals surface area contributed by atoms with Crippen molar-refractivity contribution in [3.05, 3.63) is 78.0 Å². The number of nitrogens with one attached hydrogen (secondary N) is 1. The van der Waals surface area contributed by atoms with E-state index in [2.05, 4.69) is 25.9 Å². The Morgan fingerprint density at radius 1 is 1.15 bits per heavy atom. The van der Waals surface area contributed by atoms with E-state index in [1.165, 1.54) is 0 Å². The standard InChI is InChI=1S/C20H21N5OS/c1-14-7-8-17(22-13-14)24-10-4-6-16(24)19-18(15-5-2-3-9-21-15)23-20(27)25(19)11-12-26/h2-10,13,18-19,26H,11-12H2,1H3,(H,23,27)/t18-,19+/m0/s1. The van der Waals surface area contributed by atoms with Crippen LogP contribution in [-0.4, -0.2) is 42.8 Å². The third-order valence-electron chi connectivity index (χ3n) is 4.76. The summed E-state index contributed by atoms with van der Waals surface area (Å²) in [7, 11) is 0. The Balaban J connectivity index is 1.80. The summed E-state index contributed by atoms with van der Waals surface area (Å²) < 4.78 is 2.07. The maximum Gasteiger partial charge on any atom is 0.170 e. The minimum Gasteiger partial charge on any atom is -0.395 e. The molecule has 0 unspecified atom stereocenters. The number of aliphatic hydroxyl groups excluding tert-OH is 1. The van der Waals surface area contributed by atoms with Crippen molar-refractivity contribution in [2.24, 2.45) is 0 Å². The number of β-amino-alcohol motifs (C(OH)–C–C–N with tert-alkyl or cyclic N) is 1. The highest BCUT2D eigenvalue weighted by molar-refractivity contribution is 7.80. The topological polar surface area (TPSA) is 66.2 Å². The number of aromatic nitrogens is 3. The molecule has 4 rings (SSSR count). The number of pyridine rings is 2. The molecular formula is C20H21N5OS. The van der Waals surface area contributed by atoms with Crippen LogP contribution in [0.15, 0.2) is 61.1 Å². The van der Waals surface area contributed by atoms with Gasteiger partial charge in [0.25, 0.3) is 0 Å². The minimum absolute atomic E-state index is 0.0246. The summed E-state index contributed by atoms with van der Waals surface area (Å²) in [5.74, 6) is 0.849. The van der Waals surface area contributed by atoms with Crippen LogP contribution in [0.2, 0.25) is 0 Å². The van der Waals surface area contributed by atoms with Gasteiger partial charge in [0.1, 0.15) is 5.82 Å². The highest BCUT2D eigenvalue weighted by Gasteiger charge is 2.40. The first-order valence-corrected chi connectivity index (χ1v) is 9.29. The summed E-state index contributed by atoms with van der Waals surface area (Å²) in [6, 6.07) is 13.8. The maximum absolute atomic E-state index is 9.57. The second kappa shape index (κ2) is 7.46. The van der Waals surface area contributed by atoms with Crippen LogP contribution in [0.25, 0.3) is 5.82 Å². The quantitative estimate of drug-likeness (QED) is 0.664. The molecule has 2 atom stereocenters. The molecule has 2 N–H and O–H groups in total. The molecule has 0 aromatic carbocycles. The average Bonchev–Trinajstić information content (AvgIpc) is 3.28. The average molecular weight is 379 g/mol. The molecule has 0 bridgehead atoms. The number of rotatable bonds is 5. The minimum atomic E-state index is -0.107. The van der Waals surface area contributed by atoms with Crippen LogP contribution >= 0.6 is 12.2 Å². The van der Waals surface area contributed by atoms with E-state index in [0.29, 0.717) is 11.7 Å². The summed E-state index contributed by atoms with van der Waals surface area (Å²) in [4.78, 5) is 11.1. The zero-order chi connectivity index (χ0) is 18.8. The lowest BCUT2D eigenvalue weighted by Gasteiger charge is -2.28. The fraction of sp³-hybridized carbons (Fsp3) is 0.250. The van der Waals surface area contributed by atoms with Gasteiger partial charge in [-0.15, -0.1) is 0 Å². The largest absolute Gasteiger partial charge is 0.395 e. The zero-order valence-electron chi connectivity index (χ0n) is 15.0. The van der Waals surface area contributed by atoms with Crippen molar-refractivity contribution in [3.8, 4) is 5.82 Å². The lowest BCUT2D eigenvalue weighted by molar-refractivity contribution is 0.220. The predicted molar refractivity (Wildman–Crippen MR) is 108 cm³/mol. The van der Waals surface area contributed by atoms with Gasteiger partial charge in [0.05, 0.1) is 24.4 Å². The third kappa shape index (κ3) is 3.31. The fourth-order valence-corrected chi connectivity index (χ4v) is 3.85. The molecule has 1 saturated heterocycles. The summed E-state index contributed by atoms with van der Waals surface area (Å²) in [5, 5.41) is 13.6. The van der Waals surface area contributed by atoms with Gasteiger partial charge in [-0.05, 0) is 55.0 Å². The van der Waals surface area contributed by atoms with E-state index in [-0.39, 0.29) is 18.7 Å². The monoisotopic (exact) mass is 379 g/mol. The third-order valence-corrected chi connectivity index (χ3v) is 5.12. The van der Waals surface area contributed by atoms with Gasteiger partial charge in [-0.1, -0.05) is 12.1 Å². The van der Waals surface area contributed by atoms with E-state index >= 15 is 0 Å². The van der Waals surface area contributed by atoms with E-state index in [4.69, 9.17) is 12.2 Å². The molecular weight excluding hydrogens is 358 g/mol. The zero-order valence-corrected chi connectivity index (χ0v) is 15.8. The van der Waals surface area contributed by atoms with Crippen molar-refractivity contribution >= 4 is 17.3 Å². The predicted octanol–water partition coefficient (Wildman–Crippen LogP) is 2.54. The number of aryl methyl sites for hydroxylation is 1. The van der Waals surface area contributed by atoms with Crippen LogP contribution in [-0.2, 0) is 0 Å². The number of hydrogen-bond donors (Lipinski definition) is 2. The van der Waals surface area contributed by atoms with Gasteiger partial charge in [-0.25, -0.2) is 4.98 Å². The molecule has 7 heteroatoms. The Kier molecular flexibility index (Phi) is 4.87. The van der Waals surface area contributed by atoms with Gasteiger partial charge >= 0.3 is 0 Å². The molecule has 0 saturated carbocycles. The summed E-state index contributed by atoms with van der Waals surface area (Å²) in [5.41, 5.74) is 3.07. The SMILES string of the molecule is Cc1ccc(-n2cccc2[C@@H]2[C@H](c3ccccn3)NC(=S)N2CCO)nc1. The molecule has 1 aliphatic heterocycles. The van der Waals surface area contributed by atoms with Crippen LogP contribution in [0.1, 0.15) is 29.0 Å². The molecule has 3 aromatic heterocycles. The molecule has 0 radical (unpaired) electrons. The van der Waals surface area contributed by atoms with Crippen LogP contribution in [0, 0.1) is 6.92 Å². The Labute approximate surface area is 163 Å². The van der Waals surface area contributed by atoms with Crippen molar-refractivity contribution < 1.29 is 5.11 Å². The lowest BCUT2D eigenvalue weighted by Crippen LogP contribution is -2.33. The van der Waals surface area contributed by atoms with Crippen LogP contribution in [0.3, 0.4) is 0 Å². The van der Waals surface area contributed by atoms with E-state index in [1.807, 2.05) is 60.6 Å². The second-order valence-electron chi connectivity index (χ2n) is 6.54. The summed E-state index contributed by atoms with van der Waals surface area (Å²) in [6.07, 6.45) is 5.64. The number of thiocarbonyl (C=S) groups is 1. The van der Waals surface area contributed by atoms with Gasteiger partial charge in [-0.3, -0.25) is 4.98 Å². The molecule has 6 nitrogen and oxygen atoms in total. The van der Waals surface area contributed by atoms with E-state index in [1.54, 1.807) is 6.20 Å². The first-order chi connectivity index (χ1) is 13.2. The molecule has 3 aromatic rings. The van der Waals surface area contributed by atoms with Crippen molar-refractivity contribution in [2.45, 2.75) is 19.0 Å². The van der Waals surface area contributed by atoms with E-state index in [9.17, 15) is 5.11 Å². The molecule has 138 valence electrons. The molecule has 4 heterocycles. The number of hydrogen-bond acceptors (Lipinski definition) is 4. The van der Waals surface area contributed by atoms with E-state index in [0.717, 1.165) is 22.8 Å². The first-order valence-electron chi connectivity index (χ1n) is 8.88. The highest BCUT2D eigenvalue weighted by Crippen LogP contribution is 2.39. The van der Waals surface area contributed by atoms with Crippen molar-refractivity contribution in [2.75, 3.05) is 13.2 Å². The normalized spacial score (nSPS) is 19.3. The fourth-order valence-electron chi connectivity index (χ4n) is 3.52. The molecule has 0 amide bonds. The molecule has 0 spiro atoms. The van der Waals surface area contributed by atoms with Crippen molar-refractivity contribution in [1.29, 1.82) is 0 Å². The summed E-state index contributed by atoms with van der Waals surface area (Å²) in [6.45, 7) is 2.50. The smallest absolute Gasteiger partial charge is 0.170 e. The Hall–Kier alpha value is -2.77. The van der Waals surface area contributed by atoms with Crippen molar-refractivity contribution in [3.63, 3.8) is 0 Å². The maximum atomic E-state index is 9.57. The summed E-state index contributed by atoms with van der Waals surface area (Å²) >= 11 is 5.56. The Morgan fingerprint density at radius 2 is 2.04 bits per heavy atom. The van der Waals surface area contributed by atoms with Gasteiger partial charge < -0.3 is 19.9 Å². The van der Waals surface area contributed by atoms with Gasteiger partial charge in [0, 0.05) is 30.8 Å². The molecule has 27 heavy (non-hydrogen) atoms. The molecule has 0 aliphatic carbocycles. The van der Waals surface area contributed by atoms with Crippen LogP contribution in [0.4, 0.5) is 0 Å². The van der Waals surface area contributed by atoms with Crippen molar-refractivity contribution in [1.82, 2.24) is 24.8 Å². The Bertz CT molecular complexity index is 925. The van der Waals surface area contributed by atoms with E-state index < -0.39 is 0 Å².